The lowest BCUT2D eigenvalue weighted by Gasteiger charge is -2.01. The normalized spacial score (nSPS) is 22.7. The Morgan fingerprint density at radius 2 is 2.27 bits per heavy atom. The molecule has 1 fully saturated rings. The van der Waals surface area contributed by atoms with Gasteiger partial charge < -0.3 is 11.1 Å². The van der Waals surface area contributed by atoms with E-state index in [9.17, 15) is 4.79 Å². The molecule has 1 aliphatic rings. The SMILES string of the molecule is CC1(C)CC1C(=O)NC=CCCC(=N)N. The Bertz CT molecular complexity index is 294. The van der Waals surface area contributed by atoms with Crippen molar-refractivity contribution in [1.29, 1.82) is 5.41 Å². The summed E-state index contributed by atoms with van der Waals surface area (Å²) in [4.78, 5) is 11.5. The van der Waals surface area contributed by atoms with E-state index in [4.69, 9.17) is 11.1 Å². The first kappa shape index (κ1) is 11.8. The maximum Gasteiger partial charge on any atom is 0.227 e. The molecule has 0 aromatic rings. The Morgan fingerprint density at radius 1 is 1.67 bits per heavy atom. The van der Waals surface area contributed by atoms with E-state index < -0.39 is 0 Å². The molecule has 84 valence electrons. The number of amidine groups is 1. The fourth-order valence-electron chi connectivity index (χ4n) is 1.48. The zero-order valence-electron chi connectivity index (χ0n) is 9.34. The lowest BCUT2D eigenvalue weighted by Crippen LogP contribution is -2.21. The molecule has 0 bridgehead atoms. The van der Waals surface area contributed by atoms with Crippen molar-refractivity contribution in [2.75, 3.05) is 0 Å². The molecule has 0 aromatic carbocycles. The molecular formula is C11H19N3O. The smallest absolute Gasteiger partial charge is 0.227 e. The van der Waals surface area contributed by atoms with Crippen LogP contribution in [0.5, 0.6) is 0 Å². The molecule has 4 nitrogen and oxygen atoms in total. The quantitative estimate of drug-likeness (QED) is 0.472. The van der Waals surface area contributed by atoms with Crippen LogP contribution in [0.25, 0.3) is 0 Å². The van der Waals surface area contributed by atoms with Gasteiger partial charge in [-0.3, -0.25) is 10.2 Å². The maximum atomic E-state index is 11.5. The van der Waals surface area contributed by atoms with E-state index in [0.717, 1.165) is 6.42 Å². The van der Waals surface area contributed by atoms with Gasteiger partial charge in [0.25, 0.3) is 0 Å². The number of hydrogen-bond acceptors (Lipinski definition) is 2. The van der Waals surface area contributed by atoms with Gasteiger partial charge >= 0.3 is 0 Å². The van der Waals surface area contributed by atoms with Gasteiger partial charge in [0.15, 0.2) is 0 Å². The van der Waals surface area contributed by atoms with Crippen LogP contribution >= 0.6 is 0 Å². The number of amides is 1. The number of carbonyl (C=O) groups excluding carboxylic acids is 1. The van der Waals surface area contributed by atoms with Crippen molar-refractivity contribution in [2.45, 2.75) is 33.1 Å². The summed E-state index contributed by atoms with van der Waals surface area (Å²) in [5.74, 6) is 0.434. The number of nitrogens with one attached hydrogen (secondary N) is 2. The second-order valence-corrected chi connectivity index (χ2v) is 4.72. The molecule has 1 aliphatic carbocycles. The van der Waals surface area contributed by atoms with Crippen LogP contribution in [-0.2, 0) is 4.79 Å². The van der Waals surface area contributed by atoms with Crippen molar-refractivity contribution < 1.29 is 4.79 Å². The summed E-state index contributed by atoms with van der Waals surface area (Å²) in [6.07, 6.45) is 5.69. The Kier molecular flexibility index (Phi) is 3.50. The van der Waals surface area contributed by atoms with Crippen LogP contribution in [0.1, 0.15) is 33.1 Å². The monoisotopic (exact) mass is 209 g/mol. The molecule has 1 amide bonds. The van der Waals surface area contributed by atoms with E-state index in [-0.39, 0.29) is 23.1 Å². The Balaban J connectivity index is 2.15. The minimum absolute atomic E-state index is 0.0964. The van der Waals surface area contributed by atoms with Gasteiger partial charge in [-0.15, -0.1) is 0 Å². The Morgan fingerprint density at radius 3 is 2.73 bits per heavy atom. The highest BCUT2D eigenvalue weighted by atomic mass is 16.2. The molecule has 1 saturated carbocycles. The van der Waals surface area contributed by atoms with Crippen LogP contribution in [0.3, 0.4) is 0 Å². The van der Waals surface area contributed by atoms with Gasteiger partial charge in [0.1, 0.15) is 0 Å². The summed E-state index contributed by atoms with van der Waals surface area (Å²) in [5, 5.41) is 9.74. The van der Waals surface area contributed by atoms with Crippen molar-refractivity contribution in [3.05, 3.63) is 12.3 Å². The molecule has 0 aromatic heterocycles. The van der Waals surface area contributed by atoms with Gasteiger partial charge in [-0.2, -0.15) is 0 Å². The molecule has 4 N–H and O–H groups in total. The lowest BCUT2D eigenvalue weighted by molar-refractivity contribution is -0.122. The molecule has 0 spiro atoms. The third kappa shape index (κ3) is 3.73. The minimum Gasteiger partial charge on any atom is -0.388 e. The zero-order valence-corrected chi connectivity index (χ0v) is 9.34. The Labute approximate surface area is 90.4 Å². The van der Waals surface area contributed by atoms with Gasteiger partial charge in [-0.25, -0.2) is 0 Å². The van der Waals surface area contributed by atoms with E-state index in [0.29, 0.717) is 12.8 Å². The third-order valence-corrected chi connectivity index (χ3v) is 2.75. The highest BCUT2D eigenvalue weighted by Crippen LogP contribution is 2.51. The Hall–Kier alpha value is -1.32. The van der Waals surface area contributed by atoms with Crippen molar-refractivity contribution in [1.82, 2.24) is 5.32 Å². The summed E-state index contributed by atoms with van der Waals surface area (Å²) in [5.41, 5.74) is 5.37. The van der Waals surface area contributed by atoms with Crippen molar-refractivity contribution in [3.8, 4) is 0 Å². The highest BCUT2D eigenvalue weighted by molar-refractivity contribution is 5.83. The third-order valence-electron chi connectivity index (χ3n) is 2.75. The highest BCUT2D eigenvalue weighted by Gasteiger charge is 2.50. The molecule has 15 heavy (non-hydrogen) atoms. The summed E-state index contributed by atoms with van der Waals surface area (Å²) in [6.45, 7) is 4.19. The number of allylic oxidation sites excluding steroid dienone is 1. The zero-order chi connectivity index (χ0) is 11.5. The van der Waals surface area contributed by atoms with Crippen LogP contribution in [0.2, 0.25) is 0 Å². The average Bonchev–Trinajstić information content (AvgIpc) is 2.74. The number of nitrogens with two attached hydrogens (primary N) is 1. The lowest BCUT2D eigenvalue weighted by atomic mass is 10.1. The van der Waals surface area contributed by atoms with Crippen molar-refractivity contribution in [3.63, 3.8) is 0 Å². The average molecular weight is 209 g/mol. The second kappa shape index (κ2) is 4.47. The van der Waals surface area contributed by atoms with Crippen LogP contribution < -0.4 is 11.1 Å². The predicted octanol–water partition coefficient (Wildman–Crippen LogP) is 1.38. The molecular weight excluding hydrogens is 190 g/mol. The molecule has 1 atom stereocenters. The number of carbonyl (C=O) groups is 1. The topological polar surface area (TPSA) is 79.0 Å². The fourth-order valence-corrected chi connectivity index (χ4v) is 1.48. The number of hydrogen-bond donors (Lipinski definition) is 3. The van der Waals surface area contributed by atoms with Gasteiger partial charge in [-0.1, -0.05) is 19.9 Å². The molecule has 0 saturated heterocycles. The molecule has 1 rings (SSSR count). The second-order valence-electron chi connectivity index (χ2n) is 4.72. The molecule has 0 heterocycles. The molecule has 0 radical (unpaired) electrons. The molecule has 1 unspecified atom stereocenters. The van der Waals surface area contributed by atoms with Gasteiger partial charge in [0.05, 0.1) is 5.84 Å². The van der Waals surface area contributed by atoms with E-state index >= 15 is 0 Å². The van der Waals surface area contributed by atoms with E-state index in [1.54, 1.807) is 6.20 Å². The van der Waals surface area contributed by atoms with Crippen LogP contribution in [-0.4, -0.2) is 11.7 Å². The van der Waals surface area contributed by atoms with Crippen molar-refractivity contribution in [2.24, 2.45) is 17.1 Å². The largest absolute Gasteiger partial charge is 0.388 e. The molecule has 4 heteroatoms. The first-order valence-electron chi connectivity index (χ1n) is 5.22. The van der Waals surface area contributed by atoms with E-state index in [1.165, 1.54) is 0 Å². The van der Waals surface area contributed by atoms with Gasteiger partial charge in [-0.05, 0) is 24.5 Å². The van der Waals surface area contributed by atoms with Crippen LogP contribution in [0.4, 0.5) is 0 Å². The first-order valence-corrected chi connectivity index (χ1v) is 5.22. The van der Waals surface area contributed by atoms with Gasteiger partial charge in [0.2, 0.25) is 5.91 Å². The van der Waals surface area contributed by atoms with Crippen molar-refractivity contribution >= 4 is 11.7 Å². The molecule has 0 aliphatic heterocycles. The predicted molar refractivity (Wildman–Crippen MR) is 60.3 cm³/mol. The minimum atomic E-state index is 0.0964. The fraction of sp³-hybridized carbons (Fsp3) is 0.636. The summed E-state index contributed by atoms with van der Waals surface area (Å²) < 4.78 is 0. The van der Waals surface area contributed by atoms with E-state index in [1.807, 2.05) is 6.08 Å². The van der Waals surface area contributed by atoms with Gasteiger partial charge in [0, 0.05) is 12.3 Å². The summed E-state index contributed by atoms with van der Waals surface area (Å²) >= 11 is 0. The first-order chi connectivity index (χ1) is 6.93. The van der Waals surface area contributed by atoms with E-state index in [2.05, 4.69) is 19.2 Å². The maximum absolute atomic E-state index is 11.5. The van der Waals surface area contributed by atoms with Crippen LogP contribution in [0.15, 0.2) is 12.3 Å². The standard InChI is InChI=1S/C11H19N3O/c1-11(2)7-8(11)10(15)14-6-4-3-5-9(12)13/h4,6,8H,3,5,7H2,1-2H3,(H3,12,13)(H,14,15). The summed E-state index contributed by atoms with van der Waals surface area (Å²) in [7, 11) is 0. The number of rotatable bonds is 5. The van der Waals surface area contributed by atoms with Crippen LogP contribution in [0, 0.1) is 16.7 Å². The summed E-state index contributed by atoms with van der Waals surface area (Å²) in [6, 6.07) is 0.